The Morgan fingerprint density at radius 2 is 1.87 bits per heavy atom. The van der Waals surface area contributed by atoms with Gasteiger partial charge in [-0.05, 0) is 58.3 Å². The fourth-order valence-corrected chi connectivity index (χ4v) is 2.94. The van der Waals surface area contributed by atoms with E-state index in [0.29, 0.717) is 12.5 Å². The van der Waals surface area contributed by atoms with E-state index in [0.717, 1.165) is 12.6 Å². The number of aliphatic hydroxyl groups is 1. The van der Waals surface area contributed by atoms with E-state index in [9.17, 15) is 5.11 Å². The Balaban J connectivity index is 1.82. The van der Waals surface area contributed by atoms with Gasteiger partial charge in [-0.2, -0.15) is 0 Å². The van der Waals surface area contributed by atoms with Gasteiger partial charge in [-0.15, -0.1) is 0 Å². The molecule has 0 radical (unpaired) electrons. The Morgan fingerprint density at radius 1 is 1.13 bits per heavy atom. The van der Waals surface area contributed by atoms with Gasteiger partial charge in [-0.1, -0.05) is 0 Å². The minimum Gasteiger partial charge on any atom is -0.396 e. The second-order valence-electron chi connectivity index (χ2n) is 5.22. The van der Waals surface area contributed by atoms with Crippen molar-refractivity contribution in [2.75, 3.05) is 39.8 Å². The van der Waals surface area contributed by atoms with Crippen LogP contribution < -0.4 is 0 Å². The van der Waals surface area contributed by atoms with Crippen LogP contribution in [-0.2, 0) is 0 Å². The quantitative estimate of drug-likeness (QED) is 0.733. The van der Waals surface area contributed by atoms with Gasteiger partial charge in [0.1, 0.15) is 0 Å². The highest BCUT2D eigenvalue weighted by atomic mass is 16.3. The summed E-state index contributed by atoms with van der Waals surface area (Å²) in [6.45, 7) is 5.24. The number of likely N-dealkylation sites (tertiary alicyclic amines) is 2. The fourth-order valence-electron chi connectivity index (χ4n) is 2.94. The van der Waals surface area contributed by atoms with E-state index in [4.69, 9.17) is 0 Å². The highest BCUT2D eigenvalue weighted by molar-refractivity contribution is 4.82. The van der Waals surface area contributed by atoms with Crippen LogP contribution in [-0.4, -0.2) is 60.8 Å². The Hall–Kier alpha value is -0.120. The predicted molar refractivity (Wildman–Crippen MR) is 61.9 cm³/mol. The van der Waals surface area contributed by atoms with Crippen molar-refractivity contribution in [3.05, 3.63) is 0 Å². The smallest absolute Gasteiger partial charge is 0.0471 e. The van der Waals surface area contributed by atoms with Crippen molar-refractivity contribution in [3.8, 4) is 0 Å². The number of rotatable bonds is 2. The molecule has 1 atom stereocenters. The summed E-state index contributed by atoms with van der Waals surface area (Å²) in [5, 5.41) is 9.21. The molecule has 3 heteroatoms. The number of piperidine rings is 2. The van der Waals surface area contributed by atoms with E-state index in [1.165, 1.54) is 45.3 Å². The maximum Gasteiger partial charge on any atom is 0.0471 e. The average Bonchev–Trinajstić information content (AvgIpc) is 2.30. The lowest BCUT2D eigenvalue weighted by Gasteiger charge is -2.41. The Morgan fingerprint density at radius 3 is 2.53 bits per heavy atom. The molecular formula is C12H24N2O. The van der Waals surface area contributed by atoms with E-state index in [1.54, 1.807) is 0 Å². The molecule has 0 aromatic carbocycles. The van der Waals surface area contributed by atoms with E-state index < -0.39 is 0 Å². The van der Waals surface area contributed by atoms with Crippen molar-refractivity contribution >= 4 is 0 Å². The molecule has 0 aliphatic carbocycles. The number of hydrogen-bond acceptors (Lipinski definition) is 3. The van der Waals surface area contributed by atoms with Crippen molar-refractivity contribution in [1.82, 2.24) is 9.80 Å². The SMILES string of the molecule is CN1CCC(N2CCC[C@@H](CO)C2)CC1. The van der Waals surface area contributed by atoms with Crippen molar-refractivity contribution < 1.29 is 5.11 Å². The summed E-state index contributed by atoms with van der Waals surface area (Å²) in [7, 11) is 2.21. The second kappa shape index (κ2) is 5.28. The maximum atomic E-state index is 9.21. The van der Waals surface area contributed by atoms with E-state index in [1.807, 2.05) is 0 Å². The molecule has 88 valence electrons. The first-order chi connectivity index (χ1) is 7.29. The minimum atomic E-state index is 0.378. The van der Waals surface area contributed by atoms with Crippen LogP contribution in [0.25, 0.3) is 0 Å². The largest absolute Gasteiger partial charge is 0.396 e. The van der Waals surface area contributed by atoms with E-state index in [-0.39, 0.29) is 0 Å². The van der Waals surface area contributed by atoms with Gasteiger partial charge < -0.3 is 10.0 Å². The molecule has 2 aliphatic heterocycles. The van der Waals surface area contributed by atoms with Crippen LogP contribution in [0.4, 0.5) is 0 Å². The van der Waals surface area contributed by atoms with Crippen LogP contribution in [0.1, 0.15) is 25.7 Å². The molecule has 0 spiro atoms. The molecule has 0 aromatic heterocycles. The molecule has 0 unspecified atom stereocenters. The number of nitrogens with zero attached hydrogens (tertiary/aromatic N) is 2. The zero-order valence-electron chi connectivity index (χ0n) is 9.86. The third-order valence-electron chi connectivity index (χ3n) is 4.01. The second-order valence-corrected chi connectivity index (χ2v) is 5.22. The van der Waals surface area contributed by atoms with Crippen LogP contribution in [0.5, 0.6) is 0 Å². The van der Waals surface area contributed by atoms with Crippen molar-refractivity contribution in [3.63, 3.8) is 0 Å². The fraction of sp³-hybridized carbons (Fsp3) is 1.00. The zero-order chi connectivity index (χ0) is 10.7. The monoisotopic (exact) mass is 212 g/mol. The third kappa shape index (κ3) is 2.92. The topological polar surface area (TPSA) is 26.7 Å². The molecule has 2 saturated heterocycles. The van der Waals surface area contributed by atoms with Gasteiger partial charge in [0.2, 0.25) is 0 Å². The first-order valence-corrected chi connectivity index (χ1v) is 6.33. The maximum absolute atomic E-state index is 9.21. The van der Waals surface area contributed by atoms with Crippen LogP contribution in [0.2, 0.25) is 0 Å². The lowest BCUT2D eigenvalue weighted by Crippen LogP contribution is -2.48. The van der Waals surface area contributed by atoms with E-state index >= 15 is 0 Å². The molecule has 1 N–H and O–H groups in total. The standard InChI is InChI=1S/C12H24N2O/c1-13-7-4-12(5-8-13)14-6-2-3-11(9-14)10-15/h11-12,15H,2-10H2,1H3/t11-/m1/s1. The lowest BCUT2D eigenvalue weighted by molar-refractivity contribution is 0.0592. The first kappa shape index (κ1) is 11.4. The Kier molecular flexibility index (Phi) is 4.00. The average molecular weight is 212 g/mol. The number of hydrogen-bond donors (Lipinski definition) is 1. The van der Waals surface area contributed by atoms with Crippen LogP contribution in [0, 0.1) is 5.92 Å². The van der Waals surface area contributed by atoms with Crippen LogP contribution >= 0.6 is 0 Å². The highest BCUT2D eigenvalue weighted by Crippen LogP contribution is 2.22. The van der Waals surface area contributed by atoms with Crippen LogP contribution in [0.15, 0.2) is 0 Å². The molecule has 2 aliphatic rings. The molecule has 0 amide bonds. The zero-order valence-corrected chi connectivity index (χ0v) is 9.86. The summed E-state index contributed by atoms with van der Waals surface area (Å²) in [5.74, 6) is 0.540. The van der Waals surface area contributed by atoms with Gasteiger partial charge in [-0.3, -0.25) is 4.90 Å². The van der Waals surface area contributed by atoms with Gasteiger partial charge >= 0.3 is 0 Å². The summed E-state index contributed by atoms with van der Waals surface area (Å²) in [6, 6.07) is 0.788. The predicted octanol–water partition coefficient (Wildman–Crippen LogP) is 0.785. The summed E-state index contributed by atoms with van der Waals surface area (Å²) in [4.78, 5) is 5.04. The van der Waals surface area contributed by atoms with Crippen LogP contribution in [0.3, 0.4) is 0 Å². The van der Waals surface area contributed by atoms with Gasteiger partial charge in [0.15, 0.2) is 0 Å². The van der Waals surface area contributed by atoms with Crippen molar-refractivity contribution in [2.24, 2.45) is 5.92 Å². The molecule has 3 nitrogen and oxygen atoms in total. The van der Waals surface area contributed by atoms with Crippen molar-refractivity contribution in [2.45, 2.75) is 31.7 Å². The Bertz CT molecular complexity index is 190. The molecule has 2 fully saturated rings. The molecule has 0 bridgehead atoms. The van der Waals surface area contributed by atoms with Gasteiger partial charge in [0.05, 0.1) is 0 Å². The number of aliphatic hydroxyl groups excluding tert-OH is 1. The molecule has 0 saturated carbocycles. The van der Waals surface area contributed by atoms with Gasteiger partial charge in [0.25, 0.3) is 0 Å². The normalized spacial score (nSPS) is 32.0. The third-order valence-corrected chi connectivity index (χ3v) is 4.01. The highest BCUT2D eigenvalue weighted by Gasteiger charge is 2.27. The molecule has 2 heterocycles. The minimum absolute atomic E-state index is 0.378. The summed E-state index contributed by atoms with van der Waals surface area (Å²) in [5.41, 5.74) is 0. The molecule has 2 rings (SSSR count). The summed E-state index contributed by atoms with van der Waals surface area (Å²) >= 11 is 0. The molecule has 15 heavy (non-hydrogen) atoms. The Labute approximate surface area is 93.1 Å². The van der Waals surface area contributed by atoms with Crippen molar-refractivity contribution in [1.29, 1.82) is 0 Å². The molecular weight excluding hydrogens is 188 g/mol. The van der Waals surface area contributed by atoms with Gasteiger partial charge in [-0.25, -0.2) is 0 Å². The first-order valence-electron chi connectivity index (χ1n) is 6.33. The van der Waals surface area contributed by atoms with Gasteiger partial charge in [0, 0.05) is 19.2 Å². The molecule has 0 aromatic rings. The summed E-state index contributed by atoms with van der Waals surface area (Å²) in [6.07, 6.45) is 5.13. The summed E-state index contributed by atoms with van der Waals surface area (Å²) < 4.78 is 0. The van der Waals surface area contributed by atoms with E-state index in [2.05, 4.69) is 16.8 Å². The lowest BCUT2D eigenvalue weighted by atomic mass is 9.94.